The molecular weight excluding hydrogens is 291 g/mol. The fourth-order valence-electron chi connectivity index (χ4n) is 0.807. The van der Waals surface area contributed by atoms with Crippen molar-refractivity contribution in [3.8, 4) is 11.8 Å². The second-order valence-corrected chi connectivity index (χ2v) is 3.71. The molecule has 0 aliphatic heterocycles. The van der Waals surface area contributed by atoms with Crippen LogP contribution in [-0.4, -0.2) is 23.9 Å². The Morgan fingerprint density at radius 2 is 2.00 bits per heavy atom. The zero-order chi connectivity index (χ0) is 10.6. The second kappa shape index (κ2) is 11.3. The van der Waals surface area contributed by atoms with E-state index in [4.69, 9.17) is 9.47 Å². The van der Waals surface area contributed by atoms with E-state index in [9.17, 15) is 0 Å². The number of halogens is 1. The second-order valence-electron chi connectivity index (χ2n) is 2.83. The highest BCUT2D eigenvalue weighted by Crippen LogP contribution is 2.01. The number of rotatable bonds is 7. The van der Waals surface area contributed by atoms with Gasteiger partial charge in [-0.2, -0.15) is 0 Å². The van der Waals surface area contributed by atoms with Crippen LogP contribution in [0.2, 0.25) is 0 Å². The van der Waals surface area contributed by atoms with Gasteiger partial charge in [-0.3, -0.25) is 0 Å². The molecule has 0 radical (unpaired) electrons. The first-order chi connectivity index (χ1) is 6.85. The Morgan fingerprint density at radius 3 is 2.57 bits per heavy atom. The van der Waals surface area contributed by atoms with Gasteiger partial charge in [0.15, 0.2) is 6.29 Å². The molecule has 0 saturated carbocycles. The minimum atomic E-state index is -0.0895. The van der Waals surface area contributed by atoms with Crippen molar-refractivity contribution in [2.45, 2.75) is 39.4 Å². The van der Waals surface area contributed by atoms with Crippen LogP contribution < -0.4 is 0 Å². The van der Waals surface area contributed by atoms with Gasteiger partial charge in [0.05, 0.1) is 4.43 Å². The largest absolute Gasteiger partial charge is 0.352 e. The van der Waals surface area contributed by atoms with E-state index >= 15 is 0 Å². The highest BCUT2D eigenvalue weighted by molar-refractivity contribution is 14.1. The molecule has 82 valence electrons. The number of hydrogen-bond donors (Lipinski definition) is 0. The van der Waals surface area contributed by atoms with E-state index in [0.717, 1.165) is 30.3 Å². The Morgan fingerprint density at radius 1 is 1.21 bits per heavy atom. The maximum Gasteiger partial charge on any atom is 0.167 e. The Kier molecular flexibility index (Phi) is 11.5. The maximum atomic E-state index is 5.51. The summed E-state index contributed by atoms with van der Waals surface area (Å²) in [6.45, 7) is 5.44. The number of ether oxygens (including phenoxy) is 2. The van der Waals surface area contributed by atoms with E-state index in [1.807, 2.05) is 6.92 Å². The summed E-state index contributed by atoms with van der Waals surface area (Å²) in [5.41, 5.74) is 0. The fraction of sp³-hybridized carbons (Fsp3) is 0.818. The lowest BCUT2D eigenvalue weighted by atomic mass is 10.4. The van der Waals surface area contributed by atoms with Gasteiger partial charge in [0, 0.05) is 13.0 Å². The van der Waals surface area contributed by atoms with Crippen LogP contribution in [0.5, 0.6) is 0 Å². The van der Waals surface area contributed by atoms with Gasteiger partial charge in [-0.15, -0.1) is 5.92 Å². The summed E-state index contributed by atoms with van der Waals surface area (Å²) in [6, 6.07) is 0. The molecule has 1 unspecified atom stereocenters. The first-order valence-corrected chi connectivity index (χ1v) is 6.62. The van der Waals surface area contributed by atoms with Gasteiger partial charge in [-0.1, -0.05) is 48.8 Å². The molecule has 0 spiro atoms. The Bertz CT molecular complexity index is 172. The van der Waals surface area contributed by atoms with Crippen LogP contribution in [0, 0.1) is 11.8 Å². The summed E-state index contributed by atoms with van der Waals surface area (Å²) in [5, 5.41) is 0. The maximum absolute atomic E-state index is 5.51. The summed E-state index contributed by atoms with van der Waals surface area (Å²) in [4.78, 5) is 0. The normalized spacial score (nSPS) is 11.9. The van der Waals surface area contributed by atoms with Gasteiger partial charge in [0.2, 0.25) is 0 Å². The van der Waals surface area contributed by atoms with Crippen molar-refractivity contribution in [3.05, 3.63) is 0 Å². The van der Waals surface area contributed by atoms with Crippen LogP contribution in [0.3, 0.4) is 0 Å². The molecule has 0 aromatic rings. The SMILES string of the molecule is CCC#CCOC(CI)OCCCC. The molecule has 0 rings (SSSR count). The topological polar surface area (TPSA) is 18.5 Å². The van der Waals surface area contributed by atoms with E-state index in [-0.39, 0.29) is 6.29 Å². The smallest absolute Gasteiger partial charge is 0.167 e. The summed E-state index contributed by atoms with van der Waals surface area (Å²) < 4.78 is 11.8. The van der Waals surface area contributed by atoms with Crippen LogP contribution >= 0.6 is 22.6 Å². The van der Waals surface area contributed by atoms with Crippen molar-refractivity contribution in [2.24, 2.45) is 0 Å². The standard InChI is InChI=1S/C11H19IO2/c1-3-5-7-9-14-11(10-12)13-8-6-4-2/h11H,3-4,6,8-10H2,1-2H3. The van der Waals surface area contributed by atoms with Gasteiger partial charge in [0.25, 0.3) is 0 Å². The van der Waals surface area contributed by atoms with Gasteiger partial charge in [-0.05, 0) is 6.42 Å². The van der Waals surface area contributed by atoms with Crippen LogP contribution in [0.15, 0.2) is 0 Å². The van der Waals surface area contributed by atoms with E-state index in [1.165, 1.54) is 0 Å². The Labute approximate surface area is 101 Å². The Hall–Kier alpha value is 0.210. The molecule has 0 bridgehead atoms. The zero-order valence-corrected chi connectivity index (χ0v) is 11.2. The predicted octanol–water partition coefficient (Wildman–Crippen LogP) is 2.99. The van der Waals surface area contributed by atoms with Crippen molar-refractivity contribution >= 4 is 22.6 Å². The summed E-state index contributed by atoms with van der Waals surface area (Å²) in [5.74, 6) is 5.90. The molecule has 3 heteroatoms. The lowest BCUT2D eigenvalue weighted by molar-refractivity contribution is -0.116. The first-order valence-electron chi connectivity index (χ1n) is 5.10. The van der Waals surface area contributed by atoms with Crippen LogP contribution in [0.25, 0.3) is 0 Å². The number of alkyl halides is 1. The van der Waals surface area contributed by atoms with Crippen molar-refractivity contribution < 1.29 is 9.47 Å². The molecule has 0 fully saturated rings. The van der Waals surface area contributed by atoms with E-state index in [1.54, 1.807) is 0 Å². The first kappa shape index (κ1) is 14.2. The number of unbranched alkanes of at least 4 members (excludes halogenated alkanes) is 1. The molecule has 0 heterocycles. The van der Waals surface area contributed by atoms with Gasteiger partial charge in [-0.25, -0.2) is 0 Å². The average Bonchev–Trinajstić information content (AvgIpc) is 2.22. The third-order valence-electron chi connectivity index (χ3n) is 1.57. The molecule has 1 atom stereocenters. The molecule has 0 aliphatic carbocycles. The molecule has 2 nitrogen and oxygen atoms in total. The van der Waals surface area contributed by atoms with E-state index in [0.29, 0.717) is 6.61 Å². The van der Waals surface area contributed by atoms with Gasteiger partial charge >= 0.3 is 0 Å². The molecule has 0 N–H and O–H groups in total. The molecule has 14 heavy (non-hydrogen) atoms. The van der Waals surface area contributed by atoms with Crippen LogP contribution in [0.1, 0.15) is 33.1 Å². The van der Waals surface area contributed by atoms with Gasteiger partial charge in [0.1, 0.15) is 6.61 Å². The van der Waals surface area contributed by atoms with Crippen LogP contribution in [-0.2, 0) is 9.47 Å². The summed E-state index contributed by atoms with van der Waals surface area (Å²) >= 11 is 2.26. The van der Waals surface area contributed by atoms with Crippen molar-refractivity contribution in [3.63, 3.8) is 0 Å². The number of hydrogen-bond acceptors (Lipinski definition) is 2. The molecule has 0 aliphatic rings. The third kappa shape index (κ3) is 8.79. The fourth-order valence-corrected chi connectivity index (χ4v) is 1.32. The highest BCUT2D eigenvalue weighted by atomic mass is 127. The summed E-state index contributed by atoms with van der Waals surface area (Å²) in [6.07, 6.45) is 3.05. The van der Waals surface area contributed by atoms with Crippen LogP contribution in [0.4, 0.5) is 0 Å². The van der Waals surface area contributed by atoms with Gasteiger partial charge < -0.3 is 9.47 Å². The lowest BCUT2D eigenvalue weighted by Crippen LogP contribution is -2.19. The quantitative estimate of drug-likeness (QED) is 0.237. The minimum absolute atomic E-state index is 0.0895. The Balaban J connectivity index is 3.47. The van der Waals surface area contributed by atoms with Crippen molar-refractivity contribution in [1.82, 2.24) is 0 Å². The molecule has 0 aromatic heterocycles. The summed E-state index contributed by atoms with van der Waals surface area (Å²) in [7, 11) is 0. The third-order valence-corrected chi connectivity index (χ3v) is 2.29. The van der Waals surface area contributed by atoms with E-state index < -0.39 is 0 Å². The van der Waals surface area contributed by atoms with E-state index in [2.05, 4.69) is 41.4 Å². The van der Waals surface area contributed by atoms with Crippen molar-refractivity contribution in [2.75, 3.05) is 17.6 Å². The zero-order valence-electron chi connectivity index (χ0n) is 9.01. The highest BCUT2D eigenvalue weighted by Gasteiger charge is 2.05. The lowest BCUT2D eigenvalue weighted by Gasteiger charge is -2.14. The predicted molar refractivity (Wildman–Crippen MR) is 67.6 cm³/mol. The minimum Gasteiger partial charge on any atom is -0.352 e. The van der Waals surface area contributed by atoms with Crippen molar-refractivity contribution in [1.29, 1.82) is 0 Å². The average molecular weight is 310 g/mol. The molecular formula is C11H19IO2. The molecule has 0 aromatic carbocycles. The molecule has 0 saturated heterocycles. The monoisotopic (exact) mass is 310 g/mol. The molecule has 0 amide bonds.